The fourth-order valence-electron chi connectivity index (χ4n) is 3.11. The molecule has 4 atom stereocenters. The third-order valence-electron chi connectivity index (χ3n) is 4.42. The van der Waals surface area contributed by atoms with Crippen LogP contribution in [0.3, 0.4) is 0 Å². The minimum Gasteiger partial charge on any atom is -0.463 e. The summed E-state index contributed by atoms with van der Waals surface area (Å²) in [5.74, 6) is -0.302. The van der Waals surface area contributed by atoms with Crippen molar-refractivity contribution < 1.29 is 24.2 Å². The fourth-order valence-corrected chi connectivity index (χ4v) is 3.11. The van der Waals surface area contributed by atoms with Crippen molar-refractivity contribution in [1.82, 2.24) is 10.8 Å². The van der Waals surface area contributed by atoms with E-state index >= 15 is 0 Å². The van der Waals surface area contributed by atoms with E-state index in [0.29, 0.717) is 18.6 Å². The largest absolute Gasteiger partial charge is 0.463 e. The summed E-state index contributed by atoms with van der Waals surface area (Å²) < 4.78 is 11.4. The average molecular weight is 401 g/mol. The van der Waals surface area contributed by atoms with Gasteiger partial charge in [-0.05, 0) is 39.7 Å². The Morgan fingerprint density at radius 1 is 1.32 bits per heavy atom. The van der Waals surface area contributed by atoms with Crippen LogP contribution in [0, 0.1) is 0 Å². The molecular weight excluding hydrogens is 364 g/mol. The van der Waals surface area contributed by atoms with Crippen LogP contribution in [0.4, 0.5) is 0 Å². The van der Waals surface area contributed by atoms with Crippen molar-refractivity contribution in [2.45, 2.75) is 84.4 Å². The third-order valence-corrected chi connectivity index (χ3v) is 4.42. The Hall–Kier alpha value is -1.68. The van der Waals surface area contributed by atoms with E-state index in [2.05, 4.69) is 15.8 Å². The first-order valence-corrected chi connectivity index (χ1v) is 10.0. The van der Waals surface area contributed by atoms with Gasteiger partial charge in [0.25, 0.3) is 0 Å². The summed E-state index contributed by atoms with van der Waals surface area (Å²) in [4.78, 5) is 21.9. The van der Waals surface area contributed by atoms with E-state index < -0.39 is 24.3 Å². The number of aliphatic hydroxyl groups is 1. The second kappa shape index (κ2) is 12.7. The number of aliphatic hydroxyl groups excluding tert-OH is 1. The predicted molar refractivity (Wildman–Crippen MR) is 107 cm³/mol. The maximum atomic E-state index is 12.4. The fraction of sp³-hybridized carbons (Fsp3) is 0.789. The van der Waals surface area contributed by atoms with E-state index in [-0.39, 0.29) is 24.7 Å². The molecule has 0 aromatic carbocycles. The Morgan fingerprint density at radius 3 is 2.54 bits per heavy atom. The van der Waals surface area contributed by atoms with Gasteiger partial charge in [-0.15, -0.1) is 0 Å². The molecule has 9 nitrogen and oxygen atoms in total. The number of ether oxygens (including phenoxy) is 2. The highest BCUT2D eigenvalue weighted by Crippen LogP contribution is 2.27. The maximum absolute atomic E-state index is 12.4. The SMILES string of the molecule is CCONC(N)=NC1CC(C(=O)OCC)=CC(OC(CC)CC)C1NC(C)O. The van der Waals surface area contributed by atoms with Gasteiger partial charge in [-0.25, -0.2) is 15.3 Å². The second-order valence-corrected chi connectivity index (χ2v) is 6.64. The van der Waals surface area contributed by atoms with E-state index in [1.54, 1.807) is 19.9 Å². The highest BCUT2D eigenvalue weighted by atomic mass is 16.6. The molecule has 1 aliphatic carbocycles. The van der Waals surface area contributed by atoms with E-state index in [0.717, 1.165) is 12.8 Å². The zero-order valence-corrected chi connectivity index (χ0v) is 17.6. The van der Waals surface area contributed by atoms with E-state index in [1.807, 2.05) is 20.8 Å². The monoisotopic (exact) mass is 400 g/mol. The zero-order chi connectivity index (χ0) is 21.1. The highest BCUT2D eigenvalue weighted by Gasteiger charge is 2.38. The molecule has 28 heavy (non-hydrogen) atoms. The Kier molecular flexibility index (Phi) is 11.1. The molecule has 1 rings (SSSR count). The van der Waals surface area contributed by atoms with Crippen molar-refractivity contribution in [2.75, 3.05) is 13.2 Å². The molecule has 0 bridgehead atoms. The Labute approximate surface area is 167 Å². The summed E-state index contributed by atoms with van der Waals surface area (Å²) in [6.07, 6.45) is 2.51. The van der Waals surface area contributed by atoms with Crippen LogP contribution in [-0.2, 0) is 19.1 Å². The van der Waals surface area contributed by atoms with Gasteiger partial charge in [-0.3, -0.25) is 10.2 Å². The molecule has 0 amide bonds. The molecule has 5 N–H and O–H groups in total. The van der Waals surface area contributed by atoms with Gasteiger partial charge in [0.1, 0.15) is 6.23 Å². The Bertz CT molecular complexity index is 534. The maximum Gasteiger partial charge on any atom is 0.333 e. The lowest BCUT2D eigenvalue weighted by Gasteiger charge is -2.37. The van der Waals surface area contributed by atoms with Crippen molar-refractivity contribution in [3.63, 3.8) is 0 Å². The molecule has 0 saturated heterocycles. The number of carbonyl (C=O) groups is 1. The smallest absolute Gasteiger partial charge is 0.333 e. The summed E-state index contributed by atoms with van der Waals surface area (Å²) >= 11 is 0. The van der Waals surface area contributed by atoms with E-state index in [1.165, 1.54) is 0 Å². The quantitative estimate of drug-likeness (QED) is 0.133. The molecule has 0 aromatic rings. The molecule has 0 aromatic heterocycles. The van der Waals surface area contributed by atoms with Crippen LogP contribution < -0.4 is 16.5 Å². The number of hydroxylamine groups is 1. The Balaban J connectivity index is 3.22. The van der Waals surface area contributed by atoms with E-state index in [4.69, 9.17) is 20.0 Å². The van der Waals surface area contributed by atoms with Crippen molar-refractivity contribution in [1.29, 1.82) is 0 Å². The number of nitrogens with zero attached hydrogens (tertiary/aromatic N) is 1. The van der Waals surface area contributed by atoms with Gasteiger partial charge in [0.15, 0.2) is 0 Å². The van der Waals surface area contributed by atoms with Gasteiger partial charge < -0.3 is 20.3 Å². The first-order valence-electron chi connectivity index (χ1n) is 10.0. The zero-order valence-electron chi connectivity index (χ0n) is 17.6. The molecule has 0 fully saturated rings. The molecule has 0 spiro atoms. The van der Waals surface area contributed by atoms with Crippen molar-refractivity contribution in [2.24, 2.45) is 10.7 Å². The van der Waals surface area contributed by atoms with Gasteiger partial charge in [-0.1, -0.05) is 13.8 Å². The van der Waals surface area contributed by atoms with Gasteiger partial charge in [0.2, 0.25) is 5.96 Å². The molecule has 0 heterocycles. The first-order chi connectivity index (χ1) is 13.4. The number of esters is 1. The first kappa shape index (κ1) is 24.4. The summed E-state index contributed by atoms with van der Waals surface area (Å²) in [6.45, 7) is 10.0. The van der Waals surface area contributed by atoms with Crippen LogP contribution in [-0.4, -0.2) is 60.8 Å². The number of nitrogens with one attached hydrogen (secondary N) is 2. The standard InChI is InChI=1S/C19H36N4O5/c1-6-14(7-2)28-16-11-13(18(25)26-8-3)10-15(17(16)21-12(5)24)22-19(20)23-27-9-4/h11-12,14-17,21,24H,6-10H2,1-5H3,(H3,20,22,23). The minimum atomic E-state index is -0.783. The van der Waals surface area contributed by atoms with Crippen LogP contribution in [0.2, 0.25) is 0 Å². The van der Waals surface area contributed by atoms with Crippen molar-refractivity contribution >= 4 is 11.9 Å². The van der Waals surface area contributed by atoms with Crippen molar-refractivity contribution in [3.8, 4) is 0 Å². The molecule has 0 saturated carbocycles. The molecule has 9 heteroatoms. The molecule has 162 valence electrons. The number of rotatable bonds is 11. The number of hydrogen-bond acceptors (Lipinski definition) is 7. The Morgan fingerprint density at radius 2 is 2.00 bits per heavy atom. The molecule has 4 unspecified atom stereocenters. The number of hydrogen-bond donors (Lipinski definition) is 4. The van der Waals surface area contributed by atoms with Crippen LogP contribution in [0.25, 0.3) is 0 Å². The van der Waals surface area contributed by atoms with E-state index in [9.17, 15) is 9.90 Å². The second-order valence-electron chi connectivity index (χ2n) is 6.64. The summed E-state index contributed by atoms with van der Waals surface area (Å²) in [5, 5.41) is 13.0. The summed E-state index contributed by atoms with van der Waals surface area (Å²) in [6, 6.07) is -0.827. The highest BCUT2D eigenvalue weighted by molar-refractivity contribution is 5.89. The lowest BCUT2D eigenvalue weighted by molar-refractivity contribution is -0.139. The summed E-state index contributed by atoms with van der Waals surface area (Å²) in [7, 11) is 0. The third kappa shape index (κ3) is 7.75. The van der Waals surface area contributed by atoms with Gasteiger partial charge in [-0.2, -0.15) is 0 Å². The van der Waals surface area contributed by atoms with Gasteiger partial charge in [0, 0.05) is 12.0 Å². The normalized spacial score (nSPS) is 24.0. The summed E-state index contributed by atoms with van der Waals surface area (Å²) in [5.41, 5.74) is 8.96. The molecule has 0 aliphatic heterocycles. The van der Waals surface area contributed by atoms with Gasteiger partial charge in [0.05, 0.1) is 37.5 Å². The minimum absolute atomic E-state index is 0.0182. The number of guanidine groups is 1. The molecule has 0 radical (unpaired) electrons. The number of nitrogens with two attached hydrogens (primary N) is 1. The lowest BCUT2D eigenvalue weighted by Crippen LogP contribution is -2.55. The predicted octanol–water partition coefficient (Wildman–Crippen LogP) is 0.974. The van der Waals surface area contributed by atoms with Crippen molar-refractivity contribution in [3.05, 3.63) is 11.6 Å². The lowest BCUT2D eigenvalue weighted by atomic mass is 9.87. The van der Waals surface area contributed by atoms with Gasteiger partial charge >= 0.3 is 5.97 Å². The topological polar surface area (TPSA) is 127 Å². The van der Waals surface area contributed by atoms with Crippen LogP contribution in [0.1, 0.15) is 53.9 Å². The average Bonchev–Trinajstić information content (AvgIpc) is 2.66. The molecular formula is C19H36N4O5. The number of aliphatic imine (C=N–C) groups is 1. The van der Waals surface area contributed by atoms with Crippen LogP contribution in [0.15, 0.2) is 16.6 Å². The number of carbonyl (C=O) groups excluding carboxylic acids is 1. The molecule has 1 aliphatic rings. The van der Waals surface area contributed by atoms with Crippen LogP contribution >= 0.6 is 0 Å². The van der Waals surface area contributed by atoms with Crippen LogP contribution in [0.5, 0.6) is 0 Å².